The fourth-order valence-electron chi connectivity index (χ4n) is 1.64. The van der Waals surface area contributed by atoms with Crippen molar-refractivity contribution in [3.05, 3.63) is 6.07 Å². The number of carbonyl (C=O) groups excluding carboxylic acids is 1. The van der Waals surface area contributed by atoms with E-state index in [9.17, 15) is 4.79 Å². The van der Waals surface area contributed by atoms with Gasteiger partial charge in [0.1, 0.15) is 0 Å². The molecule has 102 valence electrons. The molecule has 1 rings (SSSR count). The van der Waals surface area contributed by atoms with E-state index in [1.807, 2.05) is 38.6 Å². The van der Waals surface area contributed by atoms with Crippen molar-refractivity contribution in [2.45, 2.75) is 41.2 Å². The monoisotopic (exact) mass is 361 g/mol. The summed E-state index contributed by atoms with van der Waals surface area (Å²) in [7, 11) is 1.91. The van der Waals surface area contributed by atoms with Crippen LogP contribution in [0.1, 0.15) is 20.8 Å². The second-order valence-corrected chi connectivity index (χ2v) is 20.7. The van der Waals surface area contributed by atoms with E-state index in [0.717, 1.165) is 0 Å². The first-order valence-corrected chi connectivity index (χ1v) is 16.0. The van der Waals surface area contributed by atoms with Crippen LogP contribution in [0.2, 0.25) is 14.8 Å². The molecule has 5 nitrogen and oxygen atoms in total. The summed E-state index contributed by atoms with van der Waals surface area (Å²) in [5.41, 5.74) is -0.495. The molecule has 0 spiro atoms. The maximum atomic E-state index is 11.6. The van der Waals surface area contributed by atoms with Crippen molar-refractivity contribution in [1.82, 2.24) is 9.78 Å². The molecular weight excluding hydrogens is 337 g/mol. The molecule has 0 atom stereocenters. The van der Waals surface area contributed by atoms with Crippen molar-refractivity contribution in [2.24, 2.45) is 7.05 Å². The van der Waals surface area contributed by atoms with Crippen LogP contribution in [0.25, 0.3) is 0 Å². The number of nitrogens with one attached hydrogen (secondary N) is 1. The summed E-state index contributed by atoms with van der Waals surface area (Å²) in [6, 6.07) is 1.96. The van der Waals surface area contributed by atoms with Crippen molar-refractivity contribution >= 4 is 34.0 Å². The molecule has 0 saturated carbocycles. The van der Waals surface area contributed by atoms with Gasteiger partial charge in [-0.25, -0.2) is 0 Å². The second-order valence-electron chi connectivity index (χ2n) is 6.42. The van der Waals surface area contributed by atoms with Crippen molar-refractivity contribution in [3.8, 4) is 0 Å². The fourth-order valence-corrected chi connectivity index (χ4v) is 6.18. The van der Waals surface area contributed by atoms with Gasteiger partial charge in [0.15, 0.2) is 0 Å². The second kappa shape index (κ2) is 5.11. The minimum atomic E-state index is -2.18. The van der Waals surface area contributed by atoms with E-state index < -0.39 is 30.1 Å². The van der Waals surface area contributed by atoms with E-state index >= 15 is 0 Å². The summed E-state index contributed by atoms with van der Waals surface area (Å²) in [6.07, 6.45) is -0.462. The van der Waals surface area contributed by atoms with E-state index in [-0.39, 0.29) is 0 Å². The van der Waals surface area contributed by atoms with Crippen LogP contribution >= 0.6 is 0 Å². The van der Waals surface area contributed by atoms with Gasteiger partial charge in [-0.2, -0.15) is 0 Å². The first kappa shape index (κ1) is 15.3. The Balaban J connectivity index is 2.79. The number of nitrogens with zero attached hydrogens (tertiary/aromatic N) is 2. The quantitative estimate of drug-likeness (QED) is 0.824. The fraction of sp³-hybridized carbons (Fsp3) is 0.667. The van der Waals surface area contributed by atoms with Gasteiger partial charge in [0, 0.05) is 0 Å². The molecule has 1 N–H and O–H groups in total. The van der Waals surface area contributed by atoms with Gasteiger partial charge in [0.05, 0.1) is 0 Å². The number of aromatic nitrogens is 2. The van der Waals surface area contributed by atoms with Crippen LogP contribution in [0, 0.1) is 0 Å². The summed E-state index contributed by atoms with van der Waals surface area (Å²) in [4.78, 5) is 18.6. The molecule has 0 radical (unpaired) electrons. The van der Waals surface area contributed by atoms with E-state index in [1.165, 1.54) is 3.71 Å². The van der Waals surface area contributed by atoms with Crippen LogP contribution in [0.4, 0.5) is 10.6 Å². The average Bonchev–Trinajstić information content (AvgIpc) is 2.41. The number of amides is 1. The Hall–Kier alpha value is -0.721. The molecule has 0 saturated heterocycles. The molecule has 0 aliphatic heterocycles. The van der Waals surface area contributed by atoms with Crippen LogP contribution in [0.15, 0.2) is 6.07 Å². The van der Waals surface area contributed by atoms with E-state index in [4.69, 9.17) is 4.74 Å². The van der Waals surface area contributed by atoms with Gasteiger partial charge in [0.25, 0.3) is 0 Å². The molecule has 0 aromatic carbocycles. The van der Waals surface area contributed by atoms with Gasteiger partial charge in [0.2, 0.25) is 0 Å². The van der Waals surface area contributed by atoms with Gasteiger partial charge in [-0.1, -0.05) is 0 Å². The Morgan fingerprint density at radius 3 is 2.33 bits per heavy atom. The normalized spacial score (nSPS) is 12.4. The number of rotatable bonds is 2. The first-order chi connectivity index (χ1) is 7.99. The number of carbonyl (C=O) groups is 1. The third kappa shape index (κ3) is 4.51. The molecule has 6 heteroatoms. The summed E-state index contributed by atoms with van der Waals surface area (Å²) in [6.45, 7) is 5.51. The number of ether oxygens (including phenoxy) is 1. The number of anilines is 1. The molecule has 0 aliphatic rings. The minimum absolute atomic E-state index is 0.462. The zero-order valence-corrected chi connectivity index (χ0v) is 15.1. The van der Waals surface area contributed by atoms with Crippen LogP contribution in [-0.4, -0.2) is 39.9 Å². The first-order valence-electron chi connectivity index (χ1n) is 6.03. The topological polar surface area (TPSA) is 56.2 Å². The van der Waals surface area contributed by atoms with E-state index in [2.05, 4.69) is 25.2 Å². The van der Waals surface area contributed by atoms with E-state index in [0.29, 0.717) is 5.82 Å². The number of hydrogen-bond acceptors (Lipinski definition) is 3. The molecule has 0 bridgehead atoms. The predicted octanol–water partition coefficient (Wildman–Crippen LogP) is 2.31. The zero-order chi connectivity index (χ0) is 14.1. The molecular formula is C12H23N3O2Sn. The molecule has 1 heterocycles. The Kier molecular flexibility index (Phi) is 4.35. The van der Waals surface area contributed by atoms with Crippen molar-refractivity contribution < 1.29 is 9.53 Å². The van der Waals surface area contributed by atoms with Crippen LogP contribution < -0.4 is 9.03 Å². The number of aryl methyl sites for hydroxylation is 1. The Labute approximate surface area is 113 Å². The van der Waals surface area contributed by atoms with Crippen molar-refractivity contribution in [3.63, 3.8) is 0 Å². The van der Waals surface area contributed by atoms with Crippen LogP contribution in [0.5, 0.6) is 0 Å². The SMILES string of the molecule is Cn1nc(NC(=O)OC(C)(C)C)c[c]1[Sn]([CH3])([CH3])[CH3]. The zero-order valence-electron chi connectivity index (χ0n) is 12.3. The third-order valence-electron chi connectivity index (χ3n) is 2.28. The predicted molar refractivity (Wildman–Crippen MR) is 76.0 cm³/mol. The Morgan fingerprint density at radius 1 is 1.39 bits per heavy atom. The summed E-state index contributed by atoms with van der Waals surface area (Å²) < 4.78 is 8.32. The molecule has 1 aromatic heterocycles. The van der Waals surface area contributed by atoms with Crippen LogP contribution in [-0.2, 0) is 11.8 Å². The molecule has 18 heavy (non-hydrogen) atoms. The van der Waals surface area contributed by atoms with Gasteiger partial charge in [-0.05, 0) is 0 Å². The Bertz CT molecular complexity index is 441. The molecule has 0 fully saturated rings. The maximum absolute atomic E-state index is 11.6. The molecule has 0 unspecified atom stereocenters. The van der Waals surface area contributed by atoms with Crippen molar-refractivity contribution in [1.29, 1.82) is 0 Å². The average molecular weight is 360 g/mol. The summed E-state index contributed by atoms with van der Waals surface area (Å²) >= 11 is -2.18. The molecule has 1 amide bonds. The third-order valence-corrected chi connectivity index (χ3v) is 8.00. The van der Waals surface area contributed by atoms with Gasteiger partial charge >= 0.3 is 113 Å². The standard InChI is InChI=1S/C9H14N3O2.3CH3.Sn/c1-9(2,3)14-8(13)10-7-5-6-12(4)11-7;;;;/h5H,1-4H3,(H,10,11,13);3*1H3;. The van der Waals surface area contributed by atoms with E-state index in [1.54, 1.807) is 0 Å². The Morgan fingerprint density at radius 2 is 1.94 bits per heavy atom. The van der Waals surface area contributed by atoms with Crippen molar-refractivity contribution in [2.75, 3.05) is 5.32 Å². The van der Waals surface area contributed by atoms with Gasteiger partial charge < -0.3 is 0 Å². The van der Waals surface area contributed by atoms with Gasteiger partial charge in [-0.3, -0.25) is 0 Å². The van der Waals surface area contributed by atoms with Crippen LogP contribution in [0.3, 0.4) is 0 Å². The number of hydrogen-bond donors (Lipinski definition) is 1. The van der Waals surface area contributed by atoms with Gasteiger partial charge in [-0.15, -0.1) is 0 Å². The molecule has 1 aromatic rings. The summed E-state index contributed by atoms with van der Waals surface area (Å²) in [5.74, 6) is 0.563. The summed E-state index contributed by atoms with van der Waals surface area (Å²) in [5, 5.41) is 6.98. The molecule has 0 aliphatic carbocycles.